The number of anilines is 1. The molecule has 1 aliphatic rings. The first-order chi connectivity index (χ1) is 12.6. The monoisotopic (exact) mass is 381 g/mol. The molecule has 0 spiro atoms. The van der Waals surface area contributed by atoms with Crippen LogP contribution in [0.15, 0.2) is 29.1 Å². The summed E-state index contributed by atoms with van der Waals surface area (Å²) in [5.74, 6) is 0.380. The topological polar surface area (TPSA) is 63.9 Å². The molecule has 146 valence electrons. The van der Waals surface area contributed by atoms with Crippen LogP contribution in [0.25, 0.3) is 0 Å². The van der Waals surface area contributed by atoms with Gasteiger partial charge in [0.05, 0.1) is 18.3 Å². The number of rotatable bonds is 3. The quantitative estimate of drug-likeness (QED) is 0.818. The van der Waals surface area contributed by atoms with Gasteiger partial charge in [-0.3, -0.25) is 4.79 Å². The Labute approximate surface area is 155 Å². The van der Waals surface area contributed by atoms with Gasteiger partial charge in [-0.1, -0.05) is 20.8 Å². The number of alkyl halides is 3. The molecular weight excluding hydrogens is 359 g/mol. The maximum atomic E-state index is 12.7. The van der Waals surface area contributed by atoms with Gasteiger partial charge in [0.2, 0.25) is 0 Å². The molecule has 0 aromatic carbocycles. The minimum absolute atomic E-state index is 0.0727. The third-order valence-electron chi connectivity index (χ3n) is 4.63. The molecule has 2 aromatic heterocycles. The second-order valence-electron chi connectivity index (χ2n) is 7.75. The Balaban J connectivity index is 1.82. The van der Waals surface area contributed by atoms with Crippen molar-refractivity contribution in [3.05, 3.63) is 46.0 Å². The summed E-state index contributed by atoms with van der Waals surface area (Å²) in [6.45, 7) is 7.06. The van der Waals surface area contributed by atoms with Crippen LogP contribution >= 0.6 is 0 Å². The van der Waals surface area contributed by atoms with Gasteiger partial charge in [-0.15, -0.1) is 10.2 Å². The highest BCUT2D eigenvalue weighted by Gasteiger charge is 2.34. The van der Waals surface area contributed by atoms with Crippen molar-refractivity contribution in [1.82, 2.24) is 20.0 Å². The normalized spacial score (nSPS) is 18.1. The molecule has 6 nitrogen and oxygen atoms in total. The van der Waals surface area contributed by atoms with Gasteiger partial charge in [-0.25, -0.2) is 4.68 Å². The van der Waals surface area contributed by atoms with E-state index in [1.54, 1.807) is 6.07 Å². The lowest BCUT2D eigenvalue weighted by molar-refractivity contribution is -0.141. The van der Waals surface area contributed by atoms with Gasteiger partial charge < -0.3 is 4.90 Å². The lowest BCUT2D eigenvalue weighted by Crippen LogP contribution is -2.38. The van der Waals surface area contributed by atoms with E-state index in [0.29, 0.717) is 18.9 Å². The second-order valence-corrected chi connectivity index (χ2v) is 7.75. The summed E-state index contributed by atoms with van der Waals surface area (Å²) in [4.78, 5) is 14.1. The summed E-state index contributed by atoms with van der Waals surface area (Å²) in [6.07, 6.45) is -2.85. The summed E-state index contributed by atoms with van der Waals surface area (Å²) in [5, 5.41) is 11.5. The van der Waals surface area contributed by atoms with Gasteiger partial charge in [0, 0.05) is 18.0 Å². The van der Waals surface area contributed by atoms with E-state index in [1.807, 2.05) is 25.7 Å². The fraction of sp³-hybridized carbons (Fsp3) is 0.556. The van der Waals surface area contributed by atoms with Crippen molar-refractivity contribution in [1.29, 1.82) is 0 Å². The molecular formula is C18H22F3N5O. The summed E-state index contributed by atoms with van der Waals surface area (Å²) in [5.41, 5.74) is -0.601. The van der Waals surface area contributed by atoms with E-state index >= 15 is 0 Å². The first kappa shape index (κ1) is 19.3. The van der Waals surface area contributed by atoms with Crippen molar-refractivity contribution < 1.29 is 13.2 Å². The summed E-state index contributed by atoms with van der Waals surface area (Å²) in [7, 11) is 0. The van der Waals surface area contributed by atoms with Gasteiger partial charge in [0.15, 0.2) is 11.5 Å². The average Bonchev–Trinajstić information content (AvgIpc) is 3.03. The first-order valence-corrected chi connectivity index (χ1v) is 8.82. The van der Waals surface area contributed by atoms with Crippen molar-refractivity contribution in [3.63, 3.8) is 0 Å². The van der Waals surface area contributed by atoms with Crippen LogP contribution in [0, 0.1) is 0 Å². The Morgan fingerprint density at radius 3 is 2.37 bits per heavy atom. The number of hydrogen-bond acceptors (Lipinski definition) is 5. The number of aromatic nitrogens is 4. The molecule has 3 heterocycles. The van der Waals surface area contributed by atoms with Crippen molar-refractivity contribution in [2.45, 2.75) is 57.8 Å². The third kappa shape index (κ3) is 4.28. The van der Waals surface area contributed by atoms with Crippen LogP contribution in [0.3, 0.4) is 0 Å². The van der Waals surface area contributed by atoms with Crippen LogP contribution in [0.4, 0.5) is 19.0 Å². The van der Waals surface area contributed by atoms with Crippen LogP contribution in [-0.4, -0.2) is 32.6 Å². The zero-order chi connectivity index (χ0) is 19.8. The van der Waals surface area contributed by atoms with E-state index in [2.05, 4.69) is 15.3 Å². The fourth-order valence-corrected chi connectivity index (χ4v) is 3.14. The molecule has 0 saturated carbocycles. The standard InChI is InChI=1S/C18H22F3N5O/c1-17(2,3)13-7-9-16(27)26(24-13)11-12-5-4-10-25(12)15-8-6-14(22-23-15)18(19,20)21/h6-9,12H,4-5,10-11H2,1-3H3. The predicted molar refractivity (Wildman–Crippen MR) is 94.6 cm³/mol. The Hall–Kier alpha value is -2.45. The molecule has 0 aliphatic carbocycles. The zero-order valence-corrected chi connectivity index (χ0v) is 15.5. The van der Waals surface area contributed by atoms with E-state index in [9.17, 15) is 18.0 Å². The van der Waals surface area contributed by atoms with Crippen molar-refractivity contribution in [3.8, 4) is 0 Å². The maximum Gasteiger partial charge on any atom is 0.435 e. The molecule has 1 aliphatic heterocycles. The molecule has 1 atom stereocenters. The fourth-order valence-electron chi connectivity index (χ4n) is 3.14. The van der Waals surface area contributed by atoms with Gasteiger partial charge >= 0.3 is 6.18 Å². The van der Waals surface area contributed by atoms with Gasteiger partial charge in [0.25, 0.3) is 5.56 Å². The van der Waals surface area contributed by atoms with Gasteiger partial charge in [0.1, 0.15) is 0 Å². The maximum absolute atomic E-state index is 12.7. The number of nitrogens with zero attached hydrogens (tertiary/aromatic N) is 5. The van der Waals surface area contributed by atoms with Crippen LogP contribution in [0.5, 0.6) is 0 Å². The van der Waals surface area contributed by atoms with Gasteiger partial charge in [-0.2, -0.15) is 18.3 Å². The first-order valence-electron chi connectivity index (χ1n) is 8.82. The third-order valence-corrected chi connectivity index (χ3v) is 4.63. The largest absolute Gasteiger partial charge is 0.435 e. The molecule has 1 fully saturated rings. The number of halogens is 3. The molecule has 0 N–H and O–H groups in total. The van der Waals surface area contributed by atoms with Crippen LogP contribution in [-0.2, 0) is 18.1 Å². The molecule has 1 unspecified atom stereocenters. The molecule has 2 aromatic rings. The van der Waals surface area contributed by atoms with Crippen LogP contribution in [0.2, 0.25) is 0 Å². The molecule has 9 heteroatoms. The summed E-state index contributed by atoms with van der Waals surface area (Å²) >= 11 is 0. The van der Waals surface area contributed by atoms with E-state index in [1.165, 1.54) is 16.8 Å². The zero-order valence-electron chi connectivity index (χ0n) is 15.5. The molecule has 0 bridgehead atoms. The Morgan fingerprint density at radius 2 is 1.78 bits per heavy atom. The van der Waals surface area contributed by atoms with Crippen LogP contribution < -0.4 is 10.5 Å². The van der Waals surface area contributed by atoms with Crippen LogP contribution in [0.1, 0.15) is 45.0 Å². The van der Waals surface area contributed by atoms with E-state index < -0.39 is 11.9 Å². The van der Waals surface area contributed by atoms with E-state index in [0.717, 1.165) is 24.6 Å². The molecule has 1 saturated heterocycles. The molecule has 3 rings (SSSR count). The Morgan fingerprint density at radius 1 is 1.07 bits per heavy atom. The smallest absolute Gasteiger partial charge is 0.350 e. The van der Waals surface area contributed by atoms with E-state index in [-0.39, 0.29) is 17.0 Å². The highest BCUT2D eigenvalue weighted by Crippen LogP contribution is 2.29. The number of hydrogen-bond donors (Lipinski definition) is 0. The lowest BCUT2D eigenvalue weighted by Gasteiger charge is -2.26. The second kappa shape index (κ2) is 6.94. The minimum Gasteiger partial charge on any atom is -0.350 e. The summed E-state index contributed by atoms with van der Waals surface area (Å²) in [6, 6.07) is 5.42. The molecule has 0 radical (unpaired) electrons. The summed E-state index contributed by atoms with van der Waals surface area (Å²) < 4.78 is 39.5. The highest BCUT2D eigenvalue weighted by molar-refractivity contribution is 5.40. The van der Waals surface area contributed by atoms with Crippen molar-refractivity contribution >= 4 is 5.82 Å². The van der Waals surface area contributed by atoms with Gasteiger partial charge in [-0.05, 0) is 31.0 Å². The minimum atomic E-state index is -4.51. The highest BCUT2D eigenvalue weighted by atomic mass is 19.4. The SMILES string of the molecule is CC(C)(C)c1ccc(=O)n(CC2CCCN2c2ccc(C(F)(F)F)nn2)n1. The van der Waals surface area contributed by atoms with Crippen molar-refractivity contribution in [2.24, 2.45) is 0 Å². The Bertz CT molecular complexity index is 855. The molecule has 27 heavy (non-hydrogen) atoms. The lowest BCUT2D eigenvalue weighted by atomic mass is 9.92. The average molecular weight is 381 g/mol. The predicted octanol–water partition coefficient (Wildman–Crippen LogP) is 3.02. The Kier molecular flexibility index (Phi) is 4.96. The molecule has 0 amide bonds. The van der Waals surface area contributed by atoms with Crippen molar-refractivity contribution in [2.75, 3.05) is 11.4 Å². The van der Waals surface area contributed by atoms with E-state index in [4.69, 9.17) is 0 Å².